The fourth-order valence-electron chi connectivity index (χ4n) is 3.86. The van der Waals surface area contributed by atoms with Crippen molar-refractivity contribution in [3.05, 3.63) is 23.5 Å². The molecule has 0 saturated carbocycles. The summed E-state index contributed by atoms with van der Waals surface area (Å²) >= 11 is 0. The monoisotopic (exact) mass is 337 g/mol. The molecule has 3 N–H and O–H groups in total. The Morgan fingerprint density at radius 2 is 2.38 bits per heavy atom. The Bertz CT molecular complexity index is 534. The molecule has 1 unspecified atom stereocenters. The number of aliphatic carboxylic acids is 1. The Morgan fingerprint density at radius 3 is 3.21 bits per heavy atom. The molecule has 1 saturated heterocycles. The first-order valence-electron chi connectivity index (χ1n) is 9.09. The molecule has 0 aromatic carbocycles. The second-order valence-corrected chi connectivity index (χ2v) is 7.25. The van der Waals surface area contributed by atoms with E-state index >= 15 is 0 Å². The van der Waals surface area contributed by atoms with E-state index in [1.54, 1.807) is 0 Å². The maximum atomic E-state index is 15.0. The summed E-state index contributed by atoms with van der Waals surface area (Å²) in [6, 6.07) is 0.197. The molecule has 24 heavy (non-hydrogen) atoms. The van der Waals surface area contributed by atoms with Gasteiger partial charge in [-0.15, -0.1) is 0 Å². The average molecular weight is 337 g/mol. The summed E-state index contributed by atoms with van der Waals surface area (Å²) < 4.78 is 15.0. The number of dihydropyridines is 1. The molecule has 0 amide bonds. The van der Waals surface area contributed by atoms with Gasteiger partial charge in [-0.05, 0) is 50.6 Å². The lowest BCUT2D eigenvalue weighted by molar-refractivity contribution is -0.137. The van der Waals surface area contributed by atoms with Crippen LogP contribution in [0, 0.1) is 0 Å². The largest absolute Gasteiger partial charge is 0.481 e. The van der Waals surface area contributed by atoms with Crippen LogP contribution in [-0.2, 0) is 4.79 Å². The number of nitrogens with one attached hydrogen (secondary N) is 2. The summed E-state index contributed by atoms with van der Waals surface area (Å²) in [7, 11) is 0. The fourth-order valence-corrected chi connectivity index (χ4v) is 3.86. The summed E-state index contributed by atoms with van der Waals surface area (Å²) in [6.45, 7) is 2.86. The van der Waals surface area contributed by atoms with E-state index in [1.165, 1.54) is 12.0 Å². The number of allylic oxidation sites excluding steroid dienone is 2. The molecule has 0 aromatic heterocycles. The van der Waals surface area contributed by atoms with Crippen molar-refractivity contribution in [3.8, 4) is 0 Å². The van der Waals surface area contributed by atoms with Crippen LogP contribution in [-0.4, -0.2) is 53.9 Å². The standard InChI is InChI=1S/C18H28FN3O2/c19-18(9-12-22(13-18)11-2-4-16(23)24)8-7-15-6-5-14-3-1-10-20-17(14)21-15/h5-6,15,20-21H,1-4,7-13H2,(H,23,24)/t15?,18-/m1/s1. The highest BCUT2D eigenvalue weighted by Crippen LogP contribution is 2.32. The van der Waals surface area contributed by atoms with Crippen LogP contribution in [0.5, 0.6) is 0 Å². The minimum atomic E-state index is -1.13. The van der Waals surface area contributed by atoms with Gasteiger partial charge in [-0.3, -0.25) is 4.79 Å². The summed E-state index contributed by atoms with van der Waals surface area (Å²) in [4.78, 5) is 12.6. The lowest BCUT2D eigenvalue weighted by Gasteiger charge is -2.30. The molecule has 134 valence electrons. The number of hydrogen-bond donors (Lipinski definition) is 3. The minimum Gasteiger partial charge on any atom is -0.481 e. The Labute approximate surface area is 143 Å². The molecular formula is C18H28FN3O2. The highest BCUT2D eigenvalue weighted by atomic mass is 19.1. The van der Waals surface area contributed by atoms with Crippen molar-refractivity contribution in [2.24, 2.45) is 0 Å². The highest BCUT2D eigenvalue weighted by molar-refractivity contribution is 5.66. The van der Waals surface area contributed by atoms with Gasteiger partial charge in [-0.2, -0.15) is 0 Å². The summed E-state index contributed by atoms with van der Waals surface area (Å²) in [5, 5.41) is 15.6. The van der Waals surface area contributed by atoms with Crippen molar-refractivity contribution in [3.63, 3.8) is 0 Å². The van der Waals surface area contributed by atoms with Crippen molar-refractivity contribution < 1.29 is 14.3 Å². The molecule has 0 aliphatic carbocycles. The molecule has 2 atom stereocenters. The summed E-state index contributed by atoms with van der Waals surface area (Å²) in [6.07, 6.45) is 9.27. The number of likely N-dealkylation sites (tertiary alicyclic amines) is 1. The molecule has 6 heteroatoms. The number of nitrogens with zero attached hydrogens (tertiary/aromatic N) is 1. The van der Waals surface area contributed by atoms with E-state index in [1.807, 2.05) is 0 Å². The topological polar surface area (TPSA) is 64.6 Å². The molecule has 5 nitrogen and oxygen atoms in total. The van der Waals surface area contributed by atoms with Gasteiger partial charge in [0.25, 0.3) is 0 Å². The maximum Gasteiger partial charge on any atom is 0.303 e. The van der Waals surface area contributed by atoms with E-state index in [2.05, 4.69) is 27.7 Å². The van der Waals surface area contributed by atoms with E-state index < -0.39 is 11.6 Å². The van der Waals surface area contributed by atoms with Crippen LogP contribution in [0.3, 0.4) is 0 Å². The van der Waals surface area contributed by atoms with Crippen LogP contribution in [0.1, 0.15) is 44.9 Å². The van der Waals surface area contributed by atoms with Gasteiger partial charge in [0.15, 0.2) is 0 Å². The zero-order chi connectivity index (χ0) is 17.0. The number of carbonyl (C=O) groups is 1. The van der Waals surface area contributed by atoms with E-state index in [4.69, 9.17) is 5.11 Å². The highest BCUT2D eigenvalue weighted by Gasteiger charge is 2.38. The van der Waals surface area contributed by atoms with E-state index in [0.717, 1.165) is 31.8 Å². The number of alkyl halides is 1. The Balaban J connectivity index is 1.41. The molecule has 3 rings (SSSR count). The van der Waals surface area contributed by atoms with Crippen LogP contribution < -0.4 is 10.6 Å². The van der Waals surface area contributed by atoms with Crippen molar-refractivity contribution in [1.29, 1.82) is 0 Å². The lowest BCUT2D eigenvalue weighted by atomic mass is 9.93. The Hall–Kier alpha value is -1.56. The van der Waals surface area contributed by atoms with Gasteiger partial charge < -0.3 is 20.6 Å². The van der Waals surface area contributed by atoms with Gasteiger partial charge in [0.05, 0.1) is 0 Å². The second-order valence-electron chi connectivity index (χ2n) is 7.25. The minimum absolute atomic E-state index is 0.164. The zero-order valence-electron chi connectivity index (χ0n) is 14.2. The van der Waals surface area contributed by atoms with Crippen molar-refractivity contribution in [2.45, 2.75) is 56.7 Å². The summed E-state index contributed by atoms with van der Waals surface area (Å²) in [5.41, 5.74) is 0.200. The number of rotatable bonds is 7. The first kappa shape index (κ1) is 17.3. The van der Waals surface area contributed by atoms with Gasteiger partial charge in [0.2, 0.25) is 0 Å². The van der Waals surface area contributed by atoms with Crippen molar-refractivity contribution in [2.75, 3.05) is 26.2 Å². The maximum absolute atomic E-state index is 15.0. The quantitative estimate of drug-likeness (QED) is 0.664. The second kappa shape index (κ2) is 7.55. The van der Waals surface area contributed by atoms with Gasteiger partial charge in [-0.25, -0.2) is 4.39 Å². The molecule has 1 fully saturated rings. The predicted molar refractivity (Wildman–Crippen MR) is 91.3 cm³/mol. The molecule has 0 bridgehead atoms. The lowest BCUT2D eigenvalue weighted by Crippen LogP contribution is -2.40. The molecule has 3 aliphatic rings. The number of hydrogen-bond acceptors (Lipinski definition) is 4. The third-order valence-electron chi connectivity index (χ3n) is 5.26. The number of halogens is 1. The predicted octanol–water partition coefficient (Wildman–Crippen LogP) is 2.17. The van der Waals surface area contributed by atoms with Gasteiger partial charge in [-0.1, -0.05) is 12.2 Å². The fraction of sp³-hybridized carbons (Fsp3) is 0.722. The third-order valence-corrected chi connectivity index (χ3v) is 5.26. The first-order valence-corrected chi connectivity index (χ1v) is 9.09. The van der Waals surface area contributed by atoms with E-state index in [-0.39, 0.29) is 12.5 Å². The van der Waals surface area contributed by atoms with Gasteiger partial charge in [0.1, 0.15) is 11.5 Å². The number of carboxylic acid groups (broad SMARTS) is 1. The third kappa shape index (κ3) is 4.50. The summed E-state index contributed by atoms with van der Waals surface area (Å²) in [5.74, 6) is 0.351. The molecule has 0 spiro atoms. The van der Waals surface area contributed by atoms with Gasteiger partial charge in [0, 0.05) is 32.1 Å². The van der Waals surface area contributed by atoms with E-state index in [9.17, 15) is 9.18 Å². The molecule has 0 radical (unpaired) electrons. The Kier molecular flexibility index (Phi) is 5.43. The SMILES string of the molecule is O=C(O)CCCN1CC[C@](F)(CCC2C=CC3=C(NCCC3)N2)C1. The molecule has 0 aromatic rings. The average Bonchev–Trinajstić information content (AvgIpc) is 2.94. The smallest absolute Gasteiger partial charge is 0.303 e. The van der Waals surface area contributed by atoms with Crippen LogP contribution in [0.25, 0.3) is 0 Å². The molecule has 3 aliphatic heterocycles. The van der Waals surface area contributed by atoms with Crippen LogP contribution in [0.2, 0.25) is 0 Å². The normalized spacial score (nSPS) is 30.0. The molecule has 3 heterocycles. The van der Waals surface area contributed by atoms with E-state index in [0.29, 0.717) is 32.4 Å². The van der Waals surface area contributed by atoms with Gasteiger partial charge >= 0.3 is 5.97 Å². The van der Waals surface area contributed by atoms with Crippen LogP contribution in [0.4, 0.5) is 4.39 Å². The van der Waals surface area contributed by atoms with Crippen LogP contribution >= 0.6 is 0 Å². The molecular weight excluding hydrogens is 309 g/mol. The Morgan fingerprint density at radius 1 is 1.50 bits per heavy atom. The zero-order valence-corrected chi connectivity index (χ0v) is 14.2. The number of carboxylic acids is 1. The van der Waals surface area contributed by atoms with Crippen molar-refractivity contribution >= 4 is 5.97 Å². The van der Waals surface area contributed by atoms with Crippen molar-refractivity contribution in [1.82, 2.24) is 15.5 Å². The van der Waals surface area contributed by atoms with Crippen LogP contribution in [0.15, 0.2) is 23.5 Å². The first-order chi connectivity index (χ1) is 11.5.